The zero-order chi connectivity index (χ0) is 32.6. The summed E-state index contributed by atoms with van der Waals surface area (Å²) in [7, 11) is 4.25. The van der Waals surface area contributed by atoms with E-state index in [9.17, 15) is 20.2 Å². The summed E-state index contributed by atoms with van der Waals surface area (Å²) >= 11 is 6.92. The molecule has 4 aromatic rings. The van der Waals surface area contributed by atoms with E-state index < -0.39 is 11.0 Å². The molecular formula is C28H25ClN8O7S. The Hall–Kier alpha value is -5.79. The number of aromatic nitrogens is 3. The number of methoxy groups -OCH3 is 2. The predicted molar refractivity (Wildman–Crippen MR) is 164 cm³/mol. The maximum Gasteiger partial charge on any atom is 0.341 e. The highest BCUT2D eigenvalue weighted by atomic mass is 35.5. The molecule has 0 saturated carbocycles. The number of nitro groups is 1. The van der Waals surface area contributed by atoms with Gasteiger partial charge in [0.2, 0.25) is 11.8 Å². The monoisotopic (exact) mass is 652 g/mol. The van der Waals surface area contributed by atoms with E-state index in [1.165, 1.54) is 51.3 Å². The van der Waals surface area contributed by atoms with Crippen LogP contribution in [0.25, 0.3) is 5.57 Å². The van der Waals surface area contributed by atoms with Gasteiger partial charge in [-0.2, -0.15) is 5.26 Å². The minimum Gasteiger partial charge on any atom is -0.503 e. The second-order valence-corrected chi connectivity index (χ2v) is 9.83. The third-order valence-electron chi connectivity index (χ3n) is 5.25. The Morgan fingerprint density at radius 2 is 1.78 bits per heavy atom. The second kappa shape index (κ2) is 17.4. The molecule has 45 heavy (non-hydrogen) atoms. The van der Waals surface area contributed by atoms with Gasteiger partial charge in [-0.1, -0.05) is 41.9 Å². The third-order valence-corrected chi connectivity index (χ3v) is 6.36. The lowest BCUT2D eigenvalue weighted by molar-refractivity contribution is -0.485. The number of thiazole rings is 1. The van der Waals surface area contributed by atoms with Crippen LogP contribution in [0.3, 0.4) is 0 Å². The molecule has 0 aliphatic heterocycles. The molecule has 0 bridgehead atoms. The van der Waals surface area contributed by atoms with Crippen LogP contribution in [0.15, 0.2) is 78.5 Å². The Labute approximate surface area is 265 Å². The first-order valence-electron chi connectivity index (χ1n) is 12.6. The van der Waals surface area contributed by atoms with Gasteiger partial charge in [0.25, 0.3) is 5.96 Å². The van der Waals surface area contributed by atoms with Gasteiger partial charge in [-0.3, -0.25) is 0 Å². The number of ether oxygens (including phenoxy) is 4. The Kier molecular flexibility index (Phi) is 13.0. The number of halogens is 1. The maximum atomic E-state index is 12.1. The van der Waals surface area contributed by atoms with Crippen molar-refractivity contribution in [1.82, 2.24) is 25.6 Å². The average molecular weight is 653 g/mol. The Morgan fingerprint density at radius 1 is 1.11 bits per heavy atom. The molecule has 0 aliphatic rings. The number of carbonyl (C=O) groups is 1. The maximum absolute atomic E-state index is 12.1. The van der Waals surface area contributed by atoms with Crippen molar-refractivity contribution in [2.75, 3.05) is 21.3 Å². The molecule has 15 nitrogen and oxygen atoms in total. The number of carbonyl (C=O) groups excluding carboxylic acids is 1. The topological polar surface area (TPSA) is 196 Å². The van der Waals surface area contributed by atoms with E-state index in [1.54, 1.807) is 54.7 Å². The van der Waals surface area contributed by atoms with E-state index in [0.29, 0.717) is 33.6 Å². The number of esters is 1. The molecule has 0 atom stereocenters. The molecular weight excluding hydrogens is 628 g/mol. The zero-order valence-corrected chi connectivity index (χ0v) is 25.5. The molecule has 0 amide bonds. The molecule has 2 heterocycles. The first kappa shape index (κ1) is 33.7. The van der Waals surface area contributed by atoms with Crippen LogP contribution in [0, 0.1) is 21.4 Å². The number of para-hydroxylation sites is 2. The minimum absolute atomic E-state index is 0.0875. The van der Waals surface area contributed by atoms with Crippen LogP contribution in [-0.2, 0) is 20.8 Å². The summed E-state index contributed by atoms with van der Waals surface area (Å²) in [5, 5.41) is 26.9. The number of nitrogens with one attached hydrogen (secondary N) is 2. The quantitative estimate of drug-likeness (QED) is 0.0453. The third kappa shape index (κ3) is 10.5. The number of hydrogen-bond acceptors (Lipinski definition) is 12. The van der Waals surface area contributed by atoms with Gasteiger partial charge in [0.05, 0.1) is 38.7 Å². The lowest BCUT2D eigenvalue weighted by atomic mass is 10.1. The first-order valence-corrected chi connectivity index (χ1v) is 13.8. The zero-order valence-electron chi connectivity index (χ0n) is 24.0. The first-order chi connectivity index (χ1) is 21.8. The van der Waals surface area contributed by atoms with Crippen LogP contribution in [0.1, 0.15) is 16.0 Å². The summed E-state index contributed by atoms with van der Waals surface area (Å²) in [5.41, 5.74) is 1.02. The van der Waals surface area contributed by atoms with Gasteiger partial charge >= 0.3 is 5.97 Å². The van der Waals surface area contributed by atoms with Crippen molar-refractivity contribution in [3.8, 4) is 29.3 Å². The fraction of sp³-hybridized carbons (Fsp3) is 0.143. The van der Waals surface area contributed by atoms with E-state index in [4.69, 9.17) is 30.5 Å². The lowest BCUT2D eigenvalue weighted by Crippen LogP contribution is -2.34. The predicted octanol–water partition coefficient (Wildman–Crippen LogP) is 4.75. The van der Waals surface area contributed by atoms with Gasteiger partial charge in [-0.05, 0) is 18.2 Å². The largest absolute Gasteiger partial charge is 0.503 e. The van der Waals surface area contributed by atoms with Crippen molar-refractivity contribution < 1.29 is 28.8 Å². The summed E-state index contributed by atoms with van der Waals surface area (Å²) in [6.45, 7) is 0.387. The van der Waals surface area contributed by atoms with Gasteiger partial charge in [0, 0.05) is 23.7 Å². The molecule has 0 unspecified atom stereocenters. The molecule has 17 heteroatoms. The van der Waals surface area contributed by atoms with Crippen molar-refractivity contribution in [1.29, 1.82) is 5.26 Å². The molecule has 232 valence electrons. The van der Waals surface area contributed by atoms with Crippen molar-refractivity contribution >= 4 is 40.4 Å². The smallest absolute Gasteiger partial charge is 0.341 e. The van der Waals surface area contributed by atoms with Crippen molar-refractivity contribution in [3.63, 3.8) is 0 Å². The van der Waals surface area contributed by atoms with Crippen molar-refractivity contribution in [2.24, 2.45) is 5.10 Å². The van der Waals surface area contributed by atoms with Crippen LogP contribution < -0.4 is 20.1 Å². The van der Waals surface area contributed by atoms with Gasteiger partial charge in [0.15, 0.2) is 9.50 Å². The molecule has 0 spiro atoms. The number of hydrogen-bond donors (Lipinski definition) is 2. The van der Waals surface area contributed by atoms with Crippen LogP contribution in [-0.4, -0.2) is 53.2 Å². The molecule has 0 saturated heterocycles. The summed E-state index contributed by atoms with van der Waals surface area (Å²) < 4.78 is 21.8. The highest BCUT2D eigenvalue weighted by molar-refractivity contribution is 7.15. The standard InChI is InChI=1S/C22H17N3O5.C6H8ClN5O2S/c1-27-13-17(22(26)28-2)16-8-4-6-10-19(16)30-21-11-20(24-14-25-21)29-18-9-5-3-7-15(18)12-23;1-8-6(11-12(13)14)10-3-4-2-9-5(7)15-4/h3-11,13-14H,1-2H3;2H,3H2,1H3,(H2,8,10,11)/b17-13+;. The average Bonchev–Trinajstić information content (AvgIpc) is 3.47. The fourth-order valence-electron chi connectivity index (χ4n) is 3.33. The summed E-state index contributed by atoms with van der Waals surface area (Å²) in [6, 6.07) is 17.2. The normalized spacial score (nSPS) is 10.8. The minimum atomic E-state index is -0.779. The van der Waals surface area contributed by atoms with Crippen LogP contribution >= 0.6 is 22.9 Å². The van der Waals surface area contributed by atoms with E-state index in [-0.39, 0.29) is 23.3 Å². The number of benzene rings is 2. The van der Waals surface area contributed by atoms with Gasteiger partial charge in [-0.25, -0.2) is 29.9 Å². The number of hydrazone groups is 1. The molecule has 2 aromatic carbocycles. The van der Waals surface area contributed by atoms with E-state index in [0.717, 1.165) is 4.88 Å². The fourth-order valence-corrected chi connectivity index (χ4v) is 4.24. The Balaban J connectivity index is 0.000000309. The molecule has 2 aromatic heterocycles. The van der Waals surface area contributed by atoms with E-state index >= 15 is 0 Å². The molecule has 0 fully saturated rings. The Bertz CT molecular complexity index is 1720. The summed E-state index contributed by atoms with van der Waals surface area (Å²) in [6.07, 6.45) is 4.15. The molecule has 0 radical (unpaired) electrons. The summed E-state index contributed by atoms with van der Waals surface area (Å²) in [5.74, 6) is 0.607. The van der Waals surface area contributed by atoms with Crippen LogP contribution in [0.5, 0.6) is 23.3 Å². The van der Waals surface area contributed by atoms with Gasteiger partial charge < -0.3 is 29.6 Å². The van der Waals surface area contributed by atoms with Crippen LogP contribution in [0.4, 0.5) is 0 Å². The molecule has 0 aliphatic carbocycles. The van der Waals surface area contributed by atoms with Crippen molar-refractivity contribution in [3.05, 3.63) is 104 Å². The van der Waals surface area contributed by atoms with Gasteiger partial charge in [-0.15, -0.1) is 11.3 Å². The molecule has 2 N–H and O–H groups in total. The SMILES string of the molecule is CN/C(=N\[N+](=O)[O-])NCc1cnc(Cl)s1.CO/C=C(/C(=O)OC)c1ccccc1Oc1cc(Oc2ccccc2C#N)ncn1. The summed E-state index contributed by atoms with van der Waals surface area (Å²) in [4.78, 5) is 35.1. The van der Waals surface area contributed by atoms with Crippen LogP contribution in [0.2, 0.25) is 4.47 Å². The highest BCUT2D eigenvalue weighted by Gasteiger charge is 2.18. The van der Waals surface area contributed by atoms with E-state index in [1.807, 2.05) is 0 Å². The van der Waals surface area contributed by atoms with Gasteiger partial charge in [0.1, 0.15) is 34.6 Å². The Morgan fingerprint density at radius 3 is 2.38 bits per heavy atom. The number of nitriles is 1. The second-order valence-electron chi connectivity index (χ2n) is 8.13. The number of guanidine groups is 1. The van der Waals surface area contributed by atoms with E-state index in [2.05, 4.69) is 36.8 Å². The highest BCUT2D eigenvalue weighted by Crippen LogP contribution is 2.32. The number of nitrogens with zero attached hydrogens (tertiary/aromatic N) is 6. The number of rotatable bonds is 10. The molecule has 4 rings (SSSR count). The van der Waals surface area contributed by atoms with Crippen molar-refractivity contribution in [2.45, 2.75) is 6.54 Å². The lowest BCUT2D eigenvalue weighted by Gasteiger charge is -2.12.